The molecule has 0 spiro atoms. The van der Waals surface area contributed by atoms with E-state index >= 15 is 0 Å². The molecule has 0 aliphatic carbocycles. The van der Waals surface area contributed by atoms with Crippen LogP contribution in [0.4, 0.5) is 0 Å². The smallest absolute Gasteiger partial charge is 0.462 e. The lowest BCUT2D eigenvalue weighted by molar-refractivity contribution is -0.161. The molecule has 0 aliphatic rings. The SMILES string of the molecule is CCCCCCCCCCCCCCCCCCCCCCCC(=O)O[C@H](COC(=O)CCCCCCCCCCCCCCCC(C)C)COP(=O)(O)OC[C@@H](O)COP(=O)(O)OC[C@@H](COC(=O)CCCCCCCCC)OC(=O)CCCCCCCCCCC(C)C. The molecule has 0 bridgehead atoms. The van der Waals surface area contributed by atoms with Crippen molar-refractivity contribution in [3.05, 3.63) is 0 Å². The van der Waals surface area contributed by atoms with E-state index in [1.165, 1.54) is 199 Å². The van der Waals surface area contributed by atoms with Crippen LogP contribution in [-0.4, -0.2) is 96.7 Å². The quantitative estimate of drug-likeness (QED) is 0.0222. The van der Waals surface area contributed by atoms with Crippen molar-refractivity contribution in [3.8, 4) is 0 Å². The van der Waals surface area contributed by atoms with Crippen LogP contribution in [0.5, 0.6) is 0 Å². The van der Waals surface area contributed by atoms with Gasteiger partial charge < -0.3 is 33.8 Å². The van der Waals surface area contributed by atoms with Crippen LogP contribution in [-0.2, 0) is 65.4 Å². The highest BCUT2D eigenvalue weighted by atomic mass is 31.2. The summed E-state index contributed by atoms with van der Waals surface area (Å²) >= 11 is 0. The molecule has 564 valence electrons. The van der Waals surface area contributed by atoms with Crippen molar-refractivity contribution < 1.29 is 80.2 Å². The van der Waals surface area contributed by atoms with Gasteiger partial charge in [-0.2, -0.15) is 0 Å². The maximum Gasteiger partial charge on any atom is 0.472 e. The number of carbonyl (C=O) groups is 4. The number of phosphoric ester groups is 2. The molecule has 5 atom stereocenters. The van der Waals surface area contributed by atoms with Crippen molar-refractivity contribution in [2.75, 3.05) is 39.6 Å². The molecular weight excluding hydrogens is 1250 g/mol. The van der Waals surface area contributed by atoms with Crippen molar-refractivity contribution in [1.29, 1.82) is 0 Å². The fourth-order valence-electron chi connectivity index (χ4n) is 11.7. The Morgan fingerprint density at radius 1 is 0.284 bits per heavy atom. The molecule has 95 heavy (non-hydrogen) atoms. The fourth-order valence-corrected chi connectivity index (χ4v) is 13.2. The van der Waals surface area contributed by atoms with Gasteiger partial charge in [0.25, 0.3) is 0 Å². The van der Waals surface area contributed by atoms with Gasteiger partial charge in [0.15, 0.2) is 12.2 Å². The predicted octanol–water partition coefficient (Wildman–Crippen LogP) is 22.3. The summed E-state index contributed by atoms with van der Waals surface area (Å²) in [6.07, 6.45) is 55.9. The van der Waals surface area contributed by atoms with Crippen molar-refractivity contribution in [1.82, 2.24) is 0 Å². The maximum atomic E-state index is 13.1. The molecular formula is C76H148O17P2. The van der Waals surface area contributed by atoms with Crippen LogP contribution in [0.15, 0.2) is 0 Å². The first-order valence-electron chi connectivity index (χ1n) is 39.5. The van der Waals surface area contributed by atoms with Crippen LogP contribution in [0.25, 0.3) is 0 Å². The zero-order chi connectivity index (χ0) is 70.0. The van der Waals surface area contributed by atoms with Crippen molar-refractivity contribution >= 4 is 39.5 Å². The first-order chi connectivity index (χ1) is 45.9. The van der Waals surface area contributed by atoms with Gasteiger partial charge in [0.05, 0.1) is 26.4 Å². The first-order valence-corrected chi connectivity index (χ1v) is 42.5. The van der Waals surface area contributed by atoms with Crippen LogP contribution < -0.4 is 0 Å². The number of hydrogen-bond acceptors (Lipinski definition) is 15. The van der Waals surface area contributed by atoms with Crippen LogP contribution in [0, 0.1) is 11.8 Å². The second-order valence-electron chi connectivity index (χ2n) is 28.3. The van der Waals surface area contributed by atoms with E-state index in [1.807, 2.05) is 0 Å². The van der Waals surface area contributed by atoms with Gasteiger partial charge in [-0.05, 0) is 37.5 Å². The number of phosphoric acid groups is 2. The molecule has 0 fully saturated rings. The molecule has 0 amide bonds. The average molecular weight is 1400 g/mol. The third kappa shape index (κ3) is 70.3. The average Bonchev–Trinajstić information content (AvgIpc) is 2.69. The van der Waals surface area contributed by atoms with E-state index in [2.05, 4.69) is 41.5 Å². The highest BCUT2D eigenvalue weighted by Gasteiger charge is 2.30. The standard InChI is InChI=1S/C76H148O17P2/c1-7-9-11-13-15-16-17-18-19-20-21-22-23-24-25-28-32-35-42-48-54-60-75(80)92-72(65-87-74(79)59-53-47-41-34-31-29-26-27-30-33-39-44-50-56-68(3)4)67-91-95(84,85)89-63-70(77)62-88-94(82,83)90-66-71(64-86-73(78)58-52-46-38-14-12-10-8-2)93-76(81)61-55-49-43-37-36-40-45-51-57-69(5)6/h68-72,77H,7-67H2,1-6H3,(H,82,83)(H,84,85)/t70-,71+,72+/m0/s1. The summed E-state index contributed by atoms with van der Waals surface area (Å²) in [6.45, 7) is 9.52. The van der Waals surface area contributed by atoms with E-state index in [-0.39, 0.29) is 25.7 Å². The molecule has 0 radical (unpaired) electrons. The lowest BCUT2D eigenvalue weighted by Gasteiger charge is -2.21. The van der Waals surface area contributed by atoms with Crippen molar-refractivity contribution in [2.24, 2.45) is 11.8 Å². The summed E-state index contributed by atoms with van der Waals surface area (Å²) in [7, 11) is -9.90. The van der Waals surface area contributed by atoms with Gasteiger partial charge >= 0.3 is 39.5 Å². The van der Waals surface area contributed by atoms with Crippen molar-refractivity contribution in [3.63, 3.8) is 0 Å². The highest BCUT2D eigenvalue weighted by Crippen LogP contribution is 2.45. The Hall–Kier alpha value is -1.94. The first kappa shape index (κ1) is 93.1. The molecule has 19 heteroatoms. The number of unbranched alkanes of at least 4 members (excludes halogenated alkanes) is 45. The summed E-state index contributed by atoms with van der Waals surface area (Å²) in [4.78, 5) is 72.6. The number of aliphatic hydroxyl groups excluding tert-OH is 1. The molecule has 0 saturated heterocycles. The van der Waals surface area contributed by atoms with Gasteiger partial charge in [-0.25, -0.2) is 9.13 Å². The van der Waals surface area contributed by atoms with Gasteiger partial charge in [-0.15, -0.1) is 0 Å². The minimum absolute atomic E-state index is 0.104. The lowest BCUT2D eigenvalue weighted by Crippen LogP contribution is -2.30. The van der Waals surface area contributed by atoms with Crippen LogP contribution >= 0.6 is 15.6 Å². The molecule has 0 rings (SSSR count). The number of aliphatic hydroxyl groups is 1. The third-order valence-electron chi connectivity index (χ3n) is 17.7. The number of carbonyl (C=O) groups excluding carboxylic acids is 4. The molecule has 0 aromatic rings. The number of hydrogen-bond donors (Lipinski definition) is 3. The number of rotatable bonds is 75. The zero-order valence-electron chi connectivity index (χ0n) is 62.0. The largest absolute Gasteiger partial charge is 0.472 e. The Morgan fingerprint density at radius 2 is 0.484 bits per heavy atom. The van der Waals surface area contributed by atoms with E-state index in [4.69, 9.17) is 37.0 Å². The predicted molar refractivity (Wildman–Crippen MR) is 386 cm³/mol. The van der Waals surface area contributed by atoms with Crippen LogP contribution in [0.1, 0.15) is 395 Å². The number of esters is 4. The van der Waals surface area contributed by atoms with Gasteiger partial charge in [-0.1, -0.05) is 343 Å². The maximum absolute atomic E-state index is 13.1. The Bertz CT molecular complexity index is 1840. The highest BCUT2D eigenvalue weighted by molar-refractivity contribution is 7.47. The van der Waals surface area contributed by atoms with E-state index in [0.29, 0.717) is 25.7 Å². The van der Waals surface area contributed by atoms with Gasteiger partial charge in [-0.3, -0.25) is 37.3 Å². The molecule has 2 unspecified atom stereocenters. The summed E-state index contributed by atoms with van der Waals surface area (Å²) in [6, 6.07) is 0. The Morgan fingerprint density at radius 3 is 0.716 bits per heavy atom. The third-order valence-corrected chi connectivity index (χ3v) is 19.6. The molecule has 0 aromatic heterocycles. The van der Waals surface area contributed by atoms with E-state index in [1.54, 1.807) is 0 Å². The van der Waals surface area contributed by atoms with Crippen LogP contribution in [0.2, 0.25) is 0 Å². The van der Waals surface area contributed by atoms with E-state index < -0.39 is 97.5 Å². The molecule has 0 aliphatic heterocycles. The van der Waals surface area contributed by atoms with E-state index in [9.17, 15) is 43.2 Å². The Kier molecular flexibility index (Phi) is 66.5. The number of ether oxygens (including phenoxy) is 4. The zero-order valence-corrected chi connectivity index (χ0v) is 63.8. The molecule has 17 nitrogen and oxygen atoms in total. The lowest BCUT2D eigenvalue weighted by atomic mass is 10.0. The van der Waals surface area contributed by atoms with Gasteiger partial charge in [0, 0.05) is 25.7 Å². The molecule has 0 saturated carbocycles. The Balaban J connectivity index is 5.16. The van der Waals surface area contributed by atoms with Gasteiger partial charge in [0.2, 0.25) is 0 Å². The molecule has 0 aromatic carbocycles. The normalized spacial score (nSPS) is 14.0. The summed E-state index contributed by atoms with van der Waals surface area (Å²) in [5.41, 5.74) is 0. The summed E-state index contributed by atoms with van der Waals surface area (Å²) < 4.78 is 68.4. The summed E-state index contributed by atoms with van der Waals surface area (Å²) in [5, 5.41) is 10.6. The second-order valence-corrected chi connectivity index (χ2v) is 31.3. The van der Waals surface area contributed by atoms with Crippen LogP contribution in [0.3, 0.4) is 0 Å². The monoisotopic (exact) mass is 1400 g/mol. The van der Waals surface area contributed by atoms with Crippen molar-refractivity contribution in [2.45, 2.75) is 413 Å². The van der Waals surface area contributed by atoms with E-state index in [0.717, 1.165) is 115 Å². The topological polar surface area (TPSA) is 237 Å². The molecule has 3 N–H and O–H groups in total. The summed E-state index contributed by atoms with van der Waals surface area (Å²) in [5.74, 6) is -0.613. The minimum atomic E-state index is -4.96. The second kappa shape index (κ2) is 67.9. The fraction of sp³-hybridized carbons (Fsp3) is 0.947. The molecule has 0 heterocycles. The minimum Gasteiger partial charge on any atom is -0.462 e. The Labute approximate surface area is 581 Å². The van der Waals surface area contributed by atoms with Gasteiger partial charge in [0.1, 0.15) is 19.3 Å².